The SMILES string of the molecule is C1=CC2=NC1=CC1=NC(=c3ccc(o3)=c3ccc([nH]3)=Cc3ccc([nH]3)-c3ccc2o3)C=C1. The standard InChI is InChI=1S/C26H16N4O2/c1-5-19-23-9-10-24(31-23)21-7-3-17(29-21)14-18-4-8-22(30-18)26-12-11-25(32-26)20-6-2-16(28-20)13-15(1)27-19/h1-14,27-28H. The monoisotopic (exact) mass is 416 g/mol. The van der Waals surface area contributed by atoms with Crippen molar-refractivity contribution in [3.63, 3.8) is 0 Å². The van der Waals surface area contributed by atoms with Crippen molar-refractivity contribution in [3.8, 4) is 11.5 Å². The van der Waals surface area contributed by atoms with Gasteiger partial charge in [-0.3, -0.25) is 0 Å². The zero-order valence-corrected chi connectivity index (χ0v) is 16.8. The summed E-state index contributed by atoms with van der Waals surface area (Å²) in [6.45, 7) is 0. The number of allylic oxidation sites excluding steroid dienone is 4. The van der Waals surface area contributed by atoms with Crippen molar-refractivity contribution in [2.45, 2.75) is 0 Å². The third-order valence-corrected chi connectivity index (χ3v) is 5.59. The van der Waals surface area contributed by atoms with Gasteiger partial charge in [-0.05, 0) is 85.0 Å². The normalized spacial score (nSPS) is 16.0. The first-order valence-corrected chi connectivity index (χ1v) is 10.3. The maximum atomic E-state index is 6.08. The summed E-state index contributed by atoms with van der Waals surface area (Å²) in [5.41, 5.74) is 6.60. The molecule has 6 nitrogen and oxygen atoms in total. The van der Waals surface area contributed by atoms with Crippen LogP contribution < -0.4 is 10.8 Å². The Labute approximate surface area is 181 Å². The lowest BCUT2D eigenvalue weighted by Crippen LogP contribution is -1.99. The molecular formula is C26H16N4O2. The van der Waals surface area contributed by atoms with E-state index in [1.54, 1.807) is 0 Å². The molecule has 4 aromatic rings. The highest BCUT2D eigenvalue weighted by Crippen LogP contribution is 2.25. The molecule has 4 aromatic heterocycles. The van der Waals surface area contributed by atoms with Crippen molar-refractivity contribution >= 4 is 23.2 Å². The first-order valence-electron chi connectivity index (χ1n) is 10.3. The predicted molar refractivity (Wildman–Crippen MR) is 122 cm³/mol. The highest BCUT2D eigenvalue weighted by molar-refractivity contribution is 6.13. The van der Waals surface area contributed by atoms with Crippen LogP contribution in [0.3, 0.4) is 0 Å². The van der Waals surface area contributed by atoms with Crippen molar-refractivity contribution < 1.29 is 8.83 Å². The molecule has 0 saturated carbocycles. The number of aromatic nitrogens is 2. The van der Waals surface area contributed by atoms with Crippen molar-refractivity contribution in [2.75, 3.05) is 0 Å². The second-order valence-electron chi connectivity index (χ2n) is 7.78. The quantitative estimate of drug-likeness (QED) is 0.458. The third-order valence-electron chi connectivity index (χ3n) is 5.59. The molecule has 0 atom stereocenters. The van der Waals surface area contributed by atoms with Crippen LogP contribution in [0.4, 0.5) is 0 Å². The van der Waals surface area contributed by atoms with Crippen LogP contribution in [0, 0.1) is 10.8 Å². The van der Waals surface area contributed by atoms with E-state index in [-0.39, 0.29) is 0 Å². The summed E-state index contributed by atoms with van der Waals surface area (Å²) < 4.78 is 12.2. The molecule has 2 N–H and O–H groups in total. The molecule has 0 amide bonds. The van der Waals surface area contributed by atoms with E-state index in [9.17, 15) is 0 Å². The Morgan fingerprint density at radius 2 is 1.59 bits per heavy atom. The first kappa shape index (κ1) is 17.1. The van der Waals surface area contributed by atoms with E-state index in [1.807, 2.05) is 85.0 Å². The number of nitrogens with zero attached hydrogens (tertiary/aromatic N) is 2. The van der Waals surface area contributed by atoms with Gasteiger partial charge in [-0.25, -0.2) is 9.98 Å². The number of furan rings is 2. The molecule has 32 heavy (non-hydrogen) atoms. The minimum atomic E-state index is 0.725. The maximum absolute atomic E-state index is 6.08. The molecule has 3 aliphatic rings. The van der Waals surface area contributed by atoms with Crippen LogP contribution in [-0.2, 0) is 0 Å². The summed E-state index contributed by atoms with van der Waals surface area (Å²) in [5.74, 6) is 1.49. The van der Waals surface area contributed by atoms with Gasteiger partial charge in [0.2, 0.25) is 0 Å². The summed E-state index contributed by atoms with van der Waals surface area (Å²) in [6.07, 6.45) is 11.8. The van der Waals surface area contributed by atoms with Crippen LogP contribution in [0.25, 0.3) is 23.2 Å². The number of H-pyrrole nitrogens is 2. The van der Waals surface area contributed by atoms with E-state index < -0.39 is 0 Å². The molecule has 7 heterocycles. The van der Waals surface area contributed by atoms with Crippen LogP contribution in [0.5, 0.6) is 0 Å². The van der Waals surface area contributed by atoms with Crippen molar-refractivity contribution in [2.24, 2.45) is 9.98 Å². The van der Waals surface area contributed by atoms with E-state index in [2.05, 4.69) is 20.0 Å². The first-order chi connectivity index (χ1) is 15.8. The summed E-state index contributed by atoms with van der Waals surface area (Å²) in [4.78, 5) is 16.2. The topological polar surface area (TPSA) is 82.6 Å². The van der Waals surface area contributed by atoms with Gasteiger partial charge in [0.05, 0.1) is 22.5 Å². The number of hydrogen-bond donors (Lipinski definition) is 2. The molecule has 0 aliphatic carbocycles. The summed E-state index contributed by atoms with van der Waals surface area (Å²) in [7, 11) is 0. The molecule has 0 unspecified atom stereocenters. The molecule has 0 radical (unpaired) electrons. The third kappa shape index (κ3) is 2.81. The molecule has 3 aliphatic heterocycles. The second kappa shape index (κ2) is 6.46. The fraction of sp³-hybridized carbons (Fsp3) is 0. The minimum Gasteiger partial charge on any atom is -0.453 e. The maximum Gasteiger partial charge on any atom is 0.153 e. The van der Waals surface area contributed by atoms with Crippen LogP contribution in [-0.4, -0.2) is 21.4 Å². The number of aliphatic imine (C=N–C) groups is 2. The Balaban J connectivity index is 1.47. The van der Waals surface area contributed by atoms with Gasteiger partial charge in [-0.15, -0.1) is 0 Å². The van der Waals surface area contributed by atoms with Gasteiger partial charge in [0.1, 0.15) is 11.4 Å². The highest BCUT2D eigenvalue weighted by Gasteiger charge is 2.14. The van der Waals surface area contributed by atoms with Gasteiger partial charge in [0.15, 0.2) is 22.4 Å². The Morgan fingerprint density at radius 1 is 0.656 bits per heavy atom. The molecule has 0 spiro atoms. The fourth-order valence-corrected chi connectivity index (χ4v) is 4.03. The zero-order valence-electron chi connectivity index (χ0n) is 16.8. The Kier molecular flexibility index (Phi) is 3.46. The smallest absolute Gasteiger partial charge is 0.153 e. The fourth-order valence-electron chi connectivity index (χ4n) is 4.03. The second-order valence-corrected chi connectivity index (χ2v) is 7.78. The number of aromatic amines is 2. The molecule has 0 aromatic carbocycles. The molecule has 0 saturated heterocycles. The van der Waals surface area contributed by atoms with Gasteiger partial charge in [-0.2, -0.15) is 0 Å². The molecule has 12 bridgehead atoms. The lowest BCUT2D eigenvalue weighted by atomic mass is 10.2. The van der Waals surface area contributed by atoms with E-state index in [0.29, 0.717) is 0 Å². The number of fused-ring (bicyclic) bond motifs is 12. The highest BCUT2D eigenvalue weighted by atomic mass is 16.3. The summed E-state index contributed by atoms with van der Waals surface area (Å²) in [5, 5.41) is 1.88. The minimum absolute atomic E-state index is 0.725. The molecule has 7 rings (SSSR count). The van der Waals surface area contributed by atoms with Gasteiger partial charge in [0, 0.05) is 11.0 Å². The van der Waals surface area contributed by atoms with E-state index in [4.69, 9.17) is 8.83 Å². The number of rotatable bonds is 0. The average Bonchev–Trinajstić information content (AvgIpc) is 3.62. The predicted octanol–water partition coefficient (Wildman–Crippen LogP) is 3.69. The van der Waals surface area contributed by atoms with Crippen LogP contribution >= 0.6 is 0 Å². The average molecular weight is 416 g/mol. The van der Waals surface area contributed by atoms with Crippen molar-refractivity contribution in [1.82, 2.24) is 9.97 Å². The summed E-state index contributed by atoms with van der Waals surface area (Å²) in [6, 6.07) is 15.9. The lowest BCUT2D eigenvalue weighted by molar-refractivity contribution is 0.500. The largest absolute Gasteiger partial charge is 0.453 e. The van der Waals surface area contributed by atoms with Crippen molar-refractivity contribution in [1.29, 1.82) is 0 Å². The summed E-state index contributed by atoms with van der Waals surface area (Å²) >= 11 is 0. The van der Waals surface area contributed by atoms with Crippen LogP contribution in [0.2, 0.25) is 0 Å². The van der Waals surface area contributed by atoms with Crippen molar-refractivity contribution in [3.05, 3.63) is 118 Å². The van der Waals surface area contributed by atoms with E-state index in [1.165, 1.54) is 0 Å². The van der Waals surface area contributed by atoms with Gasteiger partial charge in [-0.1, -0.05) is 0 Å². The van der Waals surface area contributed by atoms with E-state index >= 15 is 0 Å². The van der Waals surface area contributed by atoms with Gasteiger partial charge in [0.25, 0.3) is 0 Å². The number of nitrogens with one attached hydrogen (secondary N) is 2. The van der Waals surface area contributed by atoms with Crippen LogP contribution in [0.15, 0.2) is 103 Å². The number of hydrogen-bond acceptors (Lipinski definition) is 4. The van der Waals surface area contributed by atoms with Gasteiger partial charge < -0.3 is 18.8 Å². The van der Waals surface area contributed by atoms with Gasteiger partial charge >= 0.3 is 0 Å². The van der Waals surface area contributed by atoms with Crippen LogP contribution in [0.1, 0.15) is 11.5 Å². The zero-order chi connectivity index (χ0) is 21.1. The van der Waals surface area contributed by atoms with E-state index in [0.717, 1.165) is 67.3 Å². The Morgan fingerprint density at radius 3 is 2.59 bits per heavy atom. The molecule has 152 valence electrons. The molecule has 0 fully saturated rings. The molecule has 6 heteroatoms. The Hall–Kier alpha value is -4.58. The molecular weight excluding hydrogens is 400 g/mol. The lowest BCUT2D eigenvalue weighted by Gasteiger charge is -1.94. The Bertz CT molecular complexity index is 1780.